The number of hydrogen-bond donors (Lipinski definition) is 1. The van der Waals surface area contributed by atoms with Crippen LogP contribution in [-0.2, 0) is 11.3 Å². The Morgan fingerprint density at radius 3 is 2.58 bits per heavy atom. The highest BCUT2D eigenvalue weighted by Gasteiger charge is 2.04. The largest absolute Gasteiger partial charge is 0.497 e. The fourth-order valence-corrected chi connectivity index (χ4v) is 1.74. The summed E-state index contributed by atoms with van der Waals surface area (Å²) in [6, 6.07) is 5.87. The Hall–Kier alpha value is -1.26. The first kappa shape index (κ1) is 15.8. The highest BCUT2D eigenvalue weighted by atomic mass is 16.5. The smallest absolute Gasteiger partial charge is 0.127 e. The van der Waals surface area contributed by atoms with Gasteiger partial charge in [0.05, 0.1) is 20.3 Å². The van der Waals surface area contributed by atoms with E-state index >= 15 is 0 Å². The van der Waals surface area contributed by atoms with Crippen LogP contribution in [0, 0.1) is 0 Å². The zero-order valence-corrected chi connectivity index (χ0v) is 12.4. The number of benzene rings is 1. The lowest BCUT2D eigenvalue weighted by atomic mass is 10.2. The van der Waals surface area contributed by atoms with Crippen LogP contribution in [0.5, 0.6) is 11.5 Å². The summed E-state index contributed by atoms with van der Waals surface area (Å²) in [6.45, 7) is 6.62. The maximum atomic E-state index is 5.49. The van der Waals surface area contributed by atoms with Crippen LogP contribution in [0.3, 0.4) is 0 Å². The topological polar surface area (TPSA) is 39.7 Å². The van der Waals surface area contributed by atoms with Crippen molar-refractivity contribution in [2.45, 2.75) is 32.9 Å². The van der Waals surface area contributed by atoms with E-state index in [1.807, 2.05) is 18.2 Å². The quantitative estimate of drug-likeness (QED) is 0.698. The van der Waals surface area contributed by atoms with Gasteiger partial charge in [0.1, 0.15) is 11.5 Å². The molecule has 0 heterocycles. The van der Waals surface area contributed by atoms with Gasteiger partial charge in [0, 0.05) is 24.8 Å². The molecular formula is C15H25NO3. The summed E-state index contributed by atoms with van der Waals surface area (Å²) in [5, 5.41) is 3.39. The third-order valence-corrected chi connectivity index (χ3v) is 2.76. The van der Waals surface area contributed by atoms with Crippen molar-refractivity contribution in [1.29, 1.82) is 0 Å². The normalized spacial score (nSPS) is 10.8. The molecule has 0 aromatic heterocycles. The van der Waals surface area contributed by atoms with E-state index in [1.54, 1.807) is 14.2 Å². The SMILES string of the molecule is COc1ccc(CNCCCOC(C)C)c(OC)c1. The maximum absolute atomic E-state index is 5.49. The molecule has 4 heteroatoms. The van der Waals surface area contributed by atoms with Crippen molar-refractivity contribution >= 4 is 0 Å². The number of methoxy groups -OCH3 is 2. The summed E-state index contributed by atoms with van der Waals surface area (Å²) in [5.41, 5.74) is 1.13. The number of nitrogens with one attached hydrogen (secondary N) is 1. The van der Waals surface area contributed by atoms with Crippen molar-refractivity contribution in [3.63, 3.8) is 0 Å². The van der Waals surface area contributed by atoms with Crippen molar-refractivity contribution in [3.8, 4) is 11.5 Å². The summed E-state index contributed by atoms with van der Waals surface area (Å²) < 4.78 is 16.0. The average molecular weight is 267 g/mol. The monoisotopic (exact) mass is 267 g/mol. The summed E-state index contributed by atoms with van der Waals surface area (Å²) >= 11 is 0. The van der Waals surface area contributed by atoms with E-state index in [1.165, 1.54) is 0 Å². The Bertz CT molecular complexity index is 366. The van der Waals surface area contributed by atoms with Crippen molar-refractivity contribution in [2.24, 2.45) is 0 Å². The molecule has 0 aliphatic heterocycles. The van der Waals surface area contributed by atoms with Crippen LogP contribution in [0.15, 0.2) is 18.2 Å². The van der Waals surface area contributed by atoms with Crippen molar-refractivity contribution < 1.29 is 14.2 Å². The van der Waals surface area contributed by atoms with Crippen LogP contribution >= 0.6 is 0 Å². The van der Waals surface area contributed by atoms with E-state index in [4.69, 9.17) is 14.2 Å². The Kier molecular flexibility index (Phi) is 7.30. The minimum absolute atomic E-state index is 0.307. The lowest BCUT2D eigenvalue weighted by Crippen LogP contribution is -2.17. The fraction of sp³-hybridized carbons (Fsp3) is 0.600. The van der Waals surface area contributed by atoms with Gasteiger partial charge in [-0.25, -0.2) is 0 Å². The van der Waals surface area contributed by atoms with Gasteiger partial charge in [-0.15, -0.1) is 0 Å². The minimum atomic E-state index is 0.307. The standard InChI is InChI=1S/C15H25NO3/c1-12(2)19-9-5-8-16-11-13-6-7-14(17-3)10-15(13)18-4/h6-7,10,12,16H,5,8-9,11H2,1-4H3. The molecular weight excluding hydrogens is 242 g/mol. The van der Waals surface area contributed by atoms with Crippen molar-refractivity contribution in [3.05, 3.63) is 23.8 Å². The molecule has 0 aliphatic carbocycles. The predicted octanol–water partition coefficient (Wildman–Crippen LogP) is 2.61. The molecule has 0 fully saturated rings. The van der Waals surface area contributed by atoms with Gasteiger partial charge in [-0.1, -0.05) is 6.07 Å². The number of ether oxygens (including phenoxy) is 3. The second-order valence-electron chi connectivity index (χ2n) is 4.63. The van der Waals surface area contributed by atoms with Crippen molar-refractivity contribution in [2.75, 3.05) is 27.4 Å². The molecule has 1 rings (SSSR count). The zero-order chi connectivity index (χ0) is 14.1. The molecule has 19 heavy (non-hydrogen) atoms. The van der Waals surface area contributed by atoms with Gasteiger partial charge in [-0.3, -0.25) is 0 Å². The first-order chi connectivity index (χ1) is 9.17. The minimum Gasteiger partial charge on any atom is -0.497 e. The van der Waals surface area contributed by atoms with Gasteiger partial charge in [-0.2, -0.15) is 0 Å². The fourth-order valence-electron chi connectivity index (χ4n) is 1.74. The van der Waals surface area contributed by atoms with Crippen LogP contribution < -0.4 is 14.8 Å². The molecule has 0 spiro atoms. The van der Waals surface area contributed by atoms with E-state index < -0.39 is 0 Å². The Morgan fingerprint density at radius 2 is 1.95 bits per heavy atom. The molecule has 0 bridgehead atoms. The van der Waals surface area contributed by atoms with Crippen LogP contribution in [0.4, 0.5) is 0 Å². The molecule has 0 amide bonds. The lowest BCUT2D eigenvalue weighted by molar-refractivity contribution is 0.0770. The molecule has 4 nitrogen and oxygen atoms in total. The molecule has 1 N–H and O–H groups in total. The van der Waals surface area contributed by atoms with Gasteiger partial charge < -0.3 is 19.5 Å². The maximum Gasteiger partial charge on any atom is 0.127 e. The van der Waals surface area contributed by atoms with Gasteiger partial charge in [0.25, 0.3) is 0 Å². The molecule has 1 aromatic rings. The zero-order valence-electron chi connectivity index (χ0n) is 12.4. The van der Waals surface area contributed by atoms with Gasteiger partial charge >= 0.3 is 0 Å². The highest BCUT2D eigenvalue weighted by molar-refractivity contribution is 5.40. The van der Waals surface area contributed by atoms with Crippen LogP contribution in [0.25, 0.3) is 0 Å². The lowest BCUT2D eigenvalue weighted by Gasteiger charge is -2.12. The third kappa shape index (κ3) is 5.94. The van der Waals surface area contributed by atoms with E-state index in [9.17, 15) is 0 Å². The molecule has 0 aliphatic rings. The van der Waals surface area contributed by atoms with Crippen molar-refractivity contribution in [1.82, 2.24) is 5.32 Å². The second-order valence-corrected chi connectivity index (χ2v) is 4.63. The average Bonchev–Trinajstić information content (AvgIpc) is 2.42. The van der Waals surface area contributed by atoms with Gasteiger partial charge in [0.15, 0.2) is 0 Å². The second kappa shape index (κ2) is 8.77. The number of rotatable bonds is 9. The van der Waals surface area contributed by atoms with E-state index in [0.29, 0.717) is 6.10 Å². The summed E-state index contributed by atoms with van der Waals surface area (Å²) in [6.07, 6.45) is 1.32. The molecule has 1 aromatic carbocycles. The van der Waals surface area contributed by atoms with E-state index in [0.717, 1.165) is 43.2 Å². The summed E-state index contributed by atoms with van der Waals surface area (Å²) in [7, 11) is 3.33. The van der Waals surface area contributed by atoms with Gasteiger partial charge in [0.2, 0.25) is 0 Å². The molecule has 108 valence electrons. The number of hydrogen-bond acceptors (Lipinski definition) is 4. The summed E-state index contributed by atoms with van der Waals surface area (Å²) in [5.74, 6) is 1.66. The molecule has 0 radical (unpaired) electrons. The predicted molar refractivity (Wildman–Crippen MR) is 77.0 cm³/mol. The molecule has 0 unspecified atom stereocenters. The van der Waals surface area contributed by atoms with Crippen LogP contribution in [0.2, 0.25) is 0 Å². The summed E-state index contributed by atoms with van der Waals surface area (Å²) in [4.78, 5) is 0. The van der Waals surface area contributed by atoms with Gasteiger partial charge in [-0.05, 0) is 32.9 Å². The highest BCUT2D eigenvalue weighted by Crippen LogP contribution is 2.24. The molecule has 0 saturated carbocycles. The third-order valence-electron chi connectivity index (χ3n) is 2.76. The van der Waals surface area contributed by atoms with Crippen LogP contribution in [-0.4, -0.2) is 33.5 Å². The van der Waals surface area contributed by atoms with E-state index in [-0.39, 0.29) is 0 Å². The Labute approximate surface area is 116 Å². The van der Waals surface area contributed by atoms with Crippen LogP contribution in [0.1, 0.15) is 25.8 Å². The Morgan fingerprint density at radius 1 is 1.16 bits per heavy atom. The first-order valence-corrected chi connectivity index (χ1v) is 6.70. The molecule has 0 atom stereocenters. The Balaban J connectivity index is 2.32. The van der Waals surface area contributed by atoms with E-state index in [2.05, 4.69) is 19.2 Å². The molecule has 0 saturated heterocycles. The first-order valence-electron chi connectivity index (χ1n) is 6.70.